The first kappa shape index (κ1) is 20.7. The van der Waals surface area contributed by atoms with E-state index in [2.05, 4.69) is 130 Å². The number of hydrogen-bond acceptors (Lipinski definition) is 1. The number of para-hydroxylation sites is 5. The molecular formula is C36H22N2O. The molecule has 0 saturated carbocycles. The Kier molecular flexibility index (Phi) is 4.05. The molecule has 3 nitrogen and oxygen atoms in total. The fourth-order valence-electron chi connectivity index (χ4n) is 6.48. The summed E-state index contributed by atoms with van der Waals surface area (Å²) in [5.41, 5.74) is 9.39. The van der Waals surface area contributed by atoms with Crippen molar-refractivity contribution in [2.75, 3.05) is 0 Å². The van der Waals surface area contributed by atoms with E-state index in [-0.39, 0.29) is 0 Å². The van der Waals surface area contributed by atoms with Gasteiger partial charge in [0.05, 0.1) is 27.8 Å². The molecule has 0 saturated heterocycles. The Balaban J connectivity index is 1.28. The van der Waals surface area contributed by atoms with Crippen LogP contribution in [-0.2, 0) is 0 Å². The van der Waals surface area contributed by atoms with Gasteiger partial charge in [-0.3, -0.25) is 0 Å². The van der Waals surface area contributed by atoms with E-state index in [9.17, 15) is 0 Å². The first-order valence-corrected chi connectivity index (χ1v) is 13.3. The first-order chi connectivity index (χ1) is 19.4. The molecule has 0 radical (unpaired) electrons. The molecule has 1 aliphatic rings. The molecular weight excluding hydrogens is 476 g/mol. The summed E-state index contributed by atoms with van der Waals surface area (Å²) >= 11 is 0. The van der Waals surface area contributed by atoms with Gasteiger partial charge in [-0.1, -0.05) is 78.9 Å². The van der Waals surface area contributed by atoms with Gasteiger partial charge in [-0.05, 0) is 65.7 Å². The van der Waals surface area contributed by atoms with Crippen molar-refractivity contribution in [1.82, 2.24) is 9.13 Å². The van der Waals surface area contributed by atoms with Gasteiger partial charge in [0.25, 0.3) is 0 Å². The van der Waals surface area contributed by atoms with Gasteiger partial charge in [0, 0.05) is 27.2 Å². The second kappa shape index (κ2) is 7.62. The normalized spacial score (nSPS) is 12.3. The zero-order valence-electron chi connectivity index (χ0n) is 21.0. The summed E-state index contributed by atoms with van der Waals surface area (Å²) in [6.07, 6.45) is 0. The summed E-state index contributed by atoms with van der Waals surface area (Å²) in [6.45, 7) is 0. The predicted octanol–water partition coefficient (Wildman–Crippen LogP) is 9.65. The van der Waals surface area contributed by atoms with Crippen LogP contribution in [0, 0.1) is 0 Å². The Morgan fingerprint density at radius 1 is 0.436 bits per heavy atom. The maximum absolute atomic E-state index is 6.40. The highest BCUT2D eigenvalue weighted by molar-refractivity contribution is 6.18. The highest BCUT2D eigenvalue weighted by atomic mass is 16.5. The SMILES string of the molecule is c1ccc2c(c1)Oc1ccc(-c3ccc(-n4c5ccccc5c5ccccc54)cc3)c3c4ccccc4n-2c13. The minimum absolute atomic E-state index is 0.885. The van der Waals surface area contributed by atoms with E-state index in [1.54, 1.807) is 0 Å². The number of ether oxygens (including phenoxy) is 1. The van der Waals surface area contributed by atoms with E-state index in [0.717, 1.165) is 28.4 Å². The largest absolute Gasteiger partial charge is 0.453 e. The van der Waals surface area contributed by atoms with E-state index < -0.39 is 0 Å². The average Bonchev–Trinajstić information content (AvgIpc) is 3.53. The molecule has 3 heteroatoms. The van der Waals surface area contributed by atoms with Gasteiger partial charge in [0.15, 0.2) is 11.5 Å². The van der Waals surface area contributed by atoms with E-state index in [1.165, 1.54) is 49.2 Å². The molecule has 3 heterocycles. The molecule has 182 valence electrons. The number of benzene rings is 6. The van der Waals surface area contributed by atoms with Gasteiger partial charge in [-0.25, -0.2) is 0 Å². The van der Waals surface area contributed by atoms with Gasteiger partial charge in [-0.15, -0.1) is 0 Å². The number of aromatic nitrogens is 2. The molecule has 6 aromatic carbocycles. The van der Waals surface area contributed by atoms with Crippen LogP contribution < -0.4 is 4.74 Å². The minimum Gasteiger partial charge on any atom is -0.453 e. The third-order valence-corrected chi connectivity index (χ3v) is 8.12. The molecule has 0 amide bonds. The van der Waals surface area contributed by atoms with Gasteiger partial charge in [0.1, 0.15) is 0 Å². The molecule has 0 atom stereocenters. The van der Waals surface area contributed by atoms with E-state index in [4.69, 9.17) is 4.74 Å². The quantitative estimate of drug-likeness (QED) is 0.232. The highest BCUT2D eigenvalue weighted by Gasteiger charge is 2.25. The topological polar surface area (TPSA) is 19.1 Å². The van der Waals surface area contributed by atoms with Crippen LogP contribution in [0.1, 0.15) is 0 Å². The molecule has 2 aromatic heterocycles. The summed E-state index contributed by atoms with van der Waals surface area (Å²) < 4.78 is 11.1. The van der Waals surface area contributed by atoms with Crippen LogP contribution in [0.2, 0.25) is 0 Å². The number of nitrogens with zero attached hydrogens (tertiary/aromatic N) is 2. The van der Waals surface area contributed by atoms with E-state index in [0.29, 0.717) is 0 Å². The first-order valence-electron chi connectivity index (χ1n) is 13.3. The maximum Gasteiger partial charge on any atom is 0.152 e. The lowest BCUT2D eigenvalue weighted by atomic mass is 9.98. The van der Waals surface area contributed by atoms with Gasteiger partial charge < -0.3 is 13.9 Å². The zero-order valence-corrected chi connectivity index (χ0v) is 21.0. The van der Waals surface area contributed by atoms with Crippen molar-refractivity contribution >= 4 is 43.6 Å². The fourth-order valence-corrected chi connectivity index (χ4v) is 6.48. The Bertz CT molecular complexity index is 2200. The molecule has 0 bridgehead atoms. The molecule has 0 spiro atoms. The van der Waals surface area contributed by atoms with Crippen LogP contribution in [0.4, 0.5) is 0 Å². The van der Waals surface area contributed by atoms with Crippen LogP contribution in [0.15, 0.2) is 133 Å². The Hall–Kier alpha value is -5.28. The van der Waals surface area contributed by atoms with Crippen LogP contribution in [-0.4, -0.2) is 9.13 Å². The van der Waals surface area contributed by atoms with Gasteiger partial charge in [0.2, 0.25) is 0 Å². The molecule has 0 fully saturated rings. The lowest BCUT2D eigenvalue weighted by molar-refractivity contribution is 0.476. The second-order valence-corrected chi connectivity index (χ2v) is 10.2. The van der Waals surface area contributed by atoms with Gasteiger partial charge >= 0.3 is 0 Å². The van der Waals surface area contributed by atoms with Crippen molar-refractivity contribution in [3.8, 4) is 34.0 Å². The third kappa shape index (κ3) is 2.76. The van der Waals surface area contributed by atoms with Crippen LogP contribution >= 0.6 is 0 Å². The molecule has 8 aromatic rings. The highest BCUT2D eigenvalue weighted by Crippen LogP contribution is 2.48. The monoisotopic (exact) mass is 498 g/mol. The van der Waals surface area contributed by atoms with Crippen LogP contribution in [0.25, 0.3) is 66.1 Å². The van der Waals surface area contributed by atoms with Crippen LogP contribution in [0.3, 0.4) is 0 Å². The van der Waals surface area contributed by atoms with E-state index >= 15 is 0 Å². The molecule has 9 rings (SSSR count). The summed E-state index contributed by atoms with van der Waals surface area (Å²) in [7, 11) is 0. The fraction of sp³-hybridized carbons (Fsp3) is 0. The number of rotatable bonds is 2. The zero-order chi connectivity index (χ0) is 25.5. The summed E-state index contributed by atoms with van der Waals surface area (Å²) in [6, 6.07) is 47.5. The van der Waals surface area contributed by atoms with Crippen molar-refractivity contribution in [3.63, 3.8) is 0 Å². The third-order valence-electron chi connectivity index (χ3n) is 8.12. The number of hydrogen-bond donors (Lipinski definition) is 0. The van der Waals surface area contributed by atoms with Crippen molar-refractivity contribution in [3.05, 3.63) is 133 Å². The van der Waals surface area contributed by atoms with Crippen molar-refractivity contribution in [2.24, 2.45) is 0 Å². The van der Waals surface area contributed by atoms with Crippen LogP contribution in [0.5, 0.6) is 11.5 Å². The summed E-state index contributed by atoms with van der Waals surface area (Å²) in [4.78, 5) is 0. The molecule has 0 aliphatic carbocycles. The average molecular weight is 499 g/mol. The van der Waals surface area contributed by atoms with Gasteiger partial charge in [-0.2, -0.15) is 0 Å². The summed E-state index contributed by atoms with van der Waals surface area (Å²) in [5.74, 6) is 1.78. The standard InChI is InChI=1S/C36H22N2O/c1-4-12-29-26(9-1)27-10-2-5-13-30(27)37(29)24-19-17-23(18-20-24)25-21-22-34-36-35(25)28-11-3-6-14-31(28)38(36)32-15-7-8-16-33(32)39-34/h1-22H. The second-order valence-electron chi connectivity index (χ2n) is 10.2. The lowest BCUT2D eigenvalue weighted by Crippen LogP contribution is -2.03. The lowest BCUT2D eigenvalue weighted by Gasteiger charge is -2.21. The Morgan fingerprint density at radius 2 is 1.03 bits per heavy atom. The molecule has 39 heavy (non-hydrogen) atoms. The van der Waals surface area contributed by atoms with Crippen molar-refractivity contribution in [2.45, 2.75) is 0 Å². The smallest absolute Gasteiger partial charge is 0.152 e. The molecule has 1 aliphatic heterocycles. The van der Waals surface area contributed by atoms with Crippen molar-refractivity contribution < 1.29 is 4.74 Å². The maximum atomic E-state index is 6.40. The Morgan fingerprint density at radius 3 is 1.74 bits per heavy atom. The molecule has 0 unspecified atom stereocenters. The molecule has 0 N–H and O–H groups in total. The summed E-state index contributed by atoms with van der Waals surface area (Å²) in [5, 5.41) is 5.01. The predicted molar refractivity (Wildman–Crippen MR) is 161 cm³/mol. The van der Waals surface area contributed by atoms with E-state index in [1.807, 2.05) is 12.1 Å². The van der Waals surface area contributed by atoms with Crippen molar-refractivity contribution in [1.29, 1.82) is 0 Å². The number of fused-ring (bicyclic) bond motifs is 8. The minimum atomic E-state index is 0.885. The Labute approximate surface area is 224 Å².